The summed E-state index contributed by atoms with van der Waals surface area (Å²) < 4.78 is 5.48. The van der Waals surface area contributed by atoms with Crippen molar-refractivity contribution in [2.45, 2.75) is 69.7 Å². The van der Waals surface area contributed by atoms with E-state index in [0.29, 0.717) is 38.0 Å². The molecule has 3 heterocycles. The van der Waals surface area contributed by atoms with Crippen LogP contribution in [0.4, 0.5) is 0 Å². The normalized spacial score (nSPS) is 25.4. The monoisotopic (exact) mass is 493 g/mol. The maximum Gasteiger partial charge on any atom is 0.238 e. The molecule has 9 nitrogen and oxygen atoms in total. The number of aliphatic hydroxyl groups is 1. The van der Waals surface area contributed by atoms with E-state index in [1.165, 1.54) is 6.42 Å². The molecule has 2 saturated heterocycles. The van der Waals surface area contributed by atoms with Crippen LogP contribution < -0.4 is 15.4 Å². The number of rotatable bonds is 7. The van der Waals surface area contributed by atoms with Crippen LogP contribution in [0.5, 0.6) is 5.75 Å². The quantitative estimate of drug-likeness (QED) is 0.469. The summed E-state index contributed by atoms with van der Waals surface area (Å²) in [7, 11) is 1.62. The fourth-order valence-electron chi connectivity index (χ4n) is 6.46. The lowest BCUT2D eigenvalue weighted by Gasteiger charge is -2.34. The number of benzene rings is 1. The van der Waals surface area contributed by atoms with Gasteiger partial charge in [0.05, 0.1) is 24.9 Å². The average Bonchev–Trinajstić information content (AvgIpc) is 3.60. The average molecular weight is 494 g/mol. The van der Waals surface area contributed by atoms with Gasteiger partial charge < -0.3 is 25.5 Å². The van der Waals surface area contributed by atoms with E-state index >= 15 is 0 Å². The van der Waals surface area contributed by atoms with Crippen LogP contribution in [-0.4, -0.2) is 59.1 Å². The molecule has 0 radical (unpaired) electrons. The zero-order chi connectivity index (χ0) is 25.3. The van der Waals surface area contributed by atoms with Crippen LogP contribution in [0.15, 0.2) is 24.3 Å². The number of carbonyl (C=O) groups is 2. The molecule has 1 aliphatic carbocycles. The zero-order valence-electron chi connectivity index (χ0n) is 20.8. The molecule has 1 spiro atoms. The Kier molecular flexibility index (Phi) is 6.91. The number of amides is 2. The van der Waals surface area contributed by atoms with Gasteiger partial charge in [-0.2, -0.15) is 5.26 Å². The highest BCUT2D eigenvalue weighted by molar-refractivity contribution is 5.87. The number of aromatic nitrogens is 1. The Bertz CT molecular complexity index is 1160. The standard InChI is InChI=1S/C27H35N5O4/c1-36-23-7-5-6-20-19(23)13-21(31-20)26(35)32-16-27(9-3-2-4-10-27)14-22(32)25(34)30-18(15-28)12-17-8-11-29-24(17)33/h5-7,13,17-18,22,26,31,35H,2-4,8-12,14,16H2,1H3,(H,29,33)(H,30,34)/t17-,18-,22?,26?/m0/s1. The number of fused-ring (bicyclic) bond motifs is 1. The largest absolute Gasteiger partial charge is 0.496 e. The molecule has 0 bridgehead atoms. The second-order valence-electron chi connectivity index (χ2n) is 10.7. The zero-order valence-corrected chi connectivity index (χ0v) is 20.8. The molecular formula is C27H35N5O4. The molecule has 192 valence electrons. The van der Waals surface area contributed by atoms with E-state index < -0.39 is 18.3 Å². The van der Waals surface area contributed by atoms with Crippen LogP contribution in [0, 0.1) is 22.7 Å². The lowest BCUT2D eigenvalue weighted by Crippen LogP contribution is -2.48. The molecule has 36 heavy (non-hydrogen) atoms. The SMILES string of the molecule is COc1cccc2[nH]c(C(O)N3CC4(CCCCC4)CC3C(=O)N[C@H](C#N)C[C@@H]3CCNC3=O)cc12. The van der Waals surface area contributed by atoms with Gasteiger partial charge in [0.15, 0.2) is 0 Å². The lowest BCUT2D eigenvalue weighted by atomic mass is 9.72. The van der Waals surface area contributed by atoms with Crippen LogP contribution >= 0.6 is 0 Å². The van der Waals surface area contributed by atoms with Crippen LogP contribution in [0.2, 0.25) is 0 Å². The van der Waals surface area contributed by atoms with Gasteiger partial charge in [-0.3, -0.25) is 14.5 Å². The van der Waals surface area contributed by atoms with E-state index in [4.69, 9.17) is 4.74 Å². The number of aliphatic hydroxyl groups excluding tert-OH is 1. The number of likely N-dealkylation sites (tertiary alicyclic amines) is 1. The second kappa shape index (κ2) is 10.1. The number of ether oxygens (including phenoxy) is 1. The number of aromatic amines is 1. The van der Waals surface area contributed by atoms with Crippen molar-refractivity contribution < 1.29 is 19.4 Å². The van der Waals surface area contributed by atoms with Crippen molar-refractivity contribution in [2.75, 3.05) is 20.2 Å². The first-order chi connectivity index (χ1) is 17.4. The smallest absolute Gasteiger partial charge is 0.238 e. The molecule has 2 aliphatic heterocycles. The van der Waals surface area contributed by atoms with E-state index in [1.807, 2.05) is 29.2 Å². The summed E-state index contributed by atoms with van der Waals surface area (Å²) in [5, 5.41) is 27.8. The Morgan fingerprint density at radius 3 is 2.86 bits per heavy atom. The summed E-state index contributed by atoms with van der Waals surface area (Å²) in [5.41, 5.74) is 1.45. The third kappa shape index (κ3) is 4.67. The molecule has 9 heteroatoms. The van der Waals surface area contributed by atoms with Crippen molar-refractivity contribution in [3.63, 3.8) is 0 Å². The Hall–Kier alpha value is -3.09. The van der Waals surface area contributed by atoms with Crippen molar-refractivity contribution in [1.29, 1.82) is 5.26 Å². The Morgan fingerprint density at radius 1 is 1.36 bits per heavy atom. The van der Waals surface area contributed by atoms with Gasteiger partial charge in [0.2, 0.25) is 11.8 Å². The molecule has 3 aliphatic rings. The third-order valence-corrected chi connectivity index (χ3v) is 8.37. The summed E-state index contributed by atoms with van der Waals surface area (Å²) in [4.78, 5) is 30.8. The van der Waals surface area contributed by atoms with Gasteiger partial charge in [0.1, 0.15) is 18.0 Å². The van der Waals surface area contributed by atoms with Gasteiger partial charge >= 0.3 is 0 Å². The predicted molar refractivity (Wildman–Crippen MR) is 134 cm³/mol. The number of H-pyrrole nitrogens is 1. The topological polar surface area (TPSA) is 130 Å². The van der Waals surface area contributed by atoms with E-state index in [1.54, 1.807) is 7.11 Å². The molecule has 2 aromatic rings. The molecule has 2 unspecified atom stereocenters. The summed E-state index contributed by atoms with van der Waals surface area (Å²) in [6.07, 6.45) is 6.14. The third-order valence-electron chi connectivity index (χ3n) is 8.37. The predicted octanol–water partition coefficient (Wildman–Crippen LogP) is 2.73. The van der Waals surface area contributed by atoms with Crippen molar-refractivity contribution in [3.05, 3.63) is 30.0 Å². The van der Waals surface area contributed by atoms with Crippen molar-refractivity contribution in [1.82, 2.24) is 20.5 Å². The number of nitrogens with zero attached hydrogens (tertiary/aromatic N) is 2. The molecule has 1 aromatic carbocycles. The Balaban J connectivity index is 1.38. The molecule has 2 amide bonds. The molecule has 3 fully saturated rings. The minimum Gasteiger partial charge on any atom is -0.496 e. The minimum absolute atomic E-state index is 0.0155. The van der Waals surface area contributed by atoms with E-state index in [2.05, 4.69) is 21.7 Å². The van der Waals surface area contributed by atoms with Gasteiger partial charge in [0, 0.05) is 29.9 Å². The van der Waals surface area contributed by atoms with Crippen molar-refractivity contribution >= 4 is 22.7 Å². The number of hydrogen-bond donors (Lipinski definition) is 4. The first-order valence-electron chi connectivity index (χ1n) is 13.0. The van der Waals surface area contributed by atoms with Crippen LogP contribution in [0.3, 0.4) is 0 Å². The van der Waals surface area contributed by atoms with Gasteiger partial charge in [-0.1, -0.05) is 25.3 Å². The highest BCUT2D eigenvalue weighted by Crippen LogP contribution is 2.48. The van der Waals surface area contributed by atoms with Gasteiger partial charge in [0.25, 0.3) is 0 Å². The number of hydrogen-bond acceptors (Lipinski definition) is 6. The van der Waals surface area contributed by atoms with Gasteiger partial charge in [-0.05, 0) is 55.7 Å². The molecule has 4 atom stereocenters. The molecule has 1 aromatic heterocycles. The maximum absolute atomic E-state index is 13.6. The number of carbonyl (C=O) groups excluding carboxylic acids is 2. The fraction of sp³-hybridized carbons (Fsp3) is 0.593. The van der Waals surface area contributed by atoms with Crippen LogP contribution in [0.25, 0.3) is 10.9 Å². The minimum atomic E-state index is -1.000. The first kappa shape index (κ1) is 24.6. The maximum atomic E-state index is 13.6. The van der Waals surface area contributed by atoms with Crippen LogP contribution in [0.1, 0.15) is 63.3 Å². The number of nitriles is 1. The van der Waals surface area contributed by atoms with Crippen LogP contribution in [-0.2, 0) is 9.59 Å². The van der Waals surface area contributed by atoms with E-state index in [9.17, 15) is 20.0 Å². The highest BCUT2D eigenvalue weighted by atomic mass is 16.5. The highest BCUT2D eigenvalue weighted by Gasteiger charge is 2.49. The van der Waals surface area contributed by atoms with E-state index in [0.717, 1.165) is 42.3 Å². The summed E-state index contributed by atoms with van der Waals surface area (Å²) in [6, 6.07) is 8.45. The summed E-state index contributed by atoms with van der Waals surface area (Å²) >= 11 is 0. The second-order valence-corrected chi connectivity index (χ2v) is 10.7. The van der Waals surface area contributed by atoms with Gasteiger partial charge in [-0.15, -0.1) is 0 Å². The first-order valence-corrected chi connectivity index (χ1v) is 13.0. The molecule has 4 N–H and O–H groups in total. The summed E-state index contributed by atoms with van der Waals surface area (Å²) in [5.74, 6) is 0.147. The fourth-order valence-corrected chi connectivity index (χ4v) is 6.46. The lowest BCUT2D eigenvalue weighted by molar-refractivity contribution is -0.130. The Morgan fingerprint density at radius 2 is 2.17 bits per heavy atom. The molecular weight excluding hydrogens is 458 g/mol. The number of nitrogens with one attached hydrogen (secondary N) is 3. The van der Waals surface area contributed by atoms with Gasteiger partial charge in [-0.25, -0.2) is 0 Å². The van der Waals surface area contributed by atoms with Crippen molar-refractivity contribution in [3.8, 4) is 11.8 Å². The number of methoxy groups -OCH3 is 1. The van der Waals surface area contributed by atoms with Crippen molar-refractivity contribution in [2.24, 2.45) is 11.3 Å². The molecule has 5 rings (SSSR count). The Labute approximate surface area is 211 Å². The van der Waals surface area contributed by atoms with E-state index in [-0.39, 0.29) is 23.1 Å². The molecule has 1 saturated carbocycles. The summed E-state index contributed by atoms with van der Waals surface area (Å²) in [6.45, 7) is 1.23.